The van der Waals surface area contributed by atoms with E-state index in [-0.39, 0.29) is 11.8 Å². The van der Waals surface area contributed by atoms with Crippen molar-refractivity contribution >= 4 is 11.7 Å². The highest BCUT2D eigenvalue weighted by Gasteiger charge is 2.28. The molecule has 3 heterocycles. The number of nitrogens with one attached hydrogen (secondary N) is 1. The smallest absolute Gasteiger partial charge is 0.226 e. The molecular weight excluding hydrogens is 312 g/mol. The molecule has 4 rings (SSSR count). The van der Waals surface area contributed by atoms with Gasteiger partial charge >= 0.3 is 0 Å². The number of carbonyl (C=O) groups excluding carboxylic acids is 1. The third-order valence-corrected chi connectivity index (χ3v) is 4.70. The van der Waals surface area contributed by atoms with Gasteiger partial charge in [0.25, 0.3) is 0 Å². The fourth-order valence-corrected chi connectivity index (χ4v) is 3.38. The summed E-state index contributed by atoms with van der Waals surface area (Å²) < 4.78 is 1.87. The highest BCUT2D eigenvalue weighted by molar-refractivity contribution is 5.93. The van der Waals surface area contributed by atoms with Crippen molar-refractivity contribution in [1.82, 2.24) is 14.8 Å². The second-order valence-corrected chi connectivity index (χ2v) is 6.44. The van der Waals surface area contributed by atoms with E-state index < -0.39 is 0 Å². The fraction of sp³-hybridized carbons (Fsp3) is 0.250. The predicted molar refractivity (Wildman–Crippen MR) is 96.3 cm³/mol. The first kappa shape index (κ1) is 15.6. The van der Waals surface area contributed by atoms with E-state index in [9.17, 15) is 4.79 Å². The largest absolute Gasteiger partial charge is 0.311 e. The van der Waals surface area contributed by atoms with Crippen molar-refractivity contribution in [3.8, 4) is 0 Å². The minimum absolute atomic E-state index is 0.0713. The molecule has 1 aliphatic rings. The number of amides is 1. The quantitative estimate of drug-likeness (QED) is 0.779. The molecule has 126 valence electrons. The zero-order chi connectivity index (χ0) is 17.1. The van der Waals surface area contributed by atoms with Crippen LogP contribution in [0.1, 0.15) is 35.4 Å². The second kappa shape index (κ2) is 6.89. The number of hydrogen-bond donors (Lipinski definition) is 1. The average molecular weight is 332 g/mol. The van der Waals surface area contributed by atoms with E-state index in [0.717, 1.165) is 29.8 Å². The molecule has 5 heteroatoms. The van der Waals surface area contributed by atoms with Crippen molar-refractivity contribution in [2.75, 3.05) is 5.32 Å². The normalized spacial score (nSPS) is 16.3. The predicted octanol–water partition coefficient (Wildman–Crippen LogP) is 3.39. The number of carbonyl (C=O) groups is 1. The summed E-state index contributed by atoms with van der Waals surface area (Å²) in [5.74, 6) is 1.13. The Kier molecular flexibility index (Phi) is 4.29. The van der Waals surface area contributed by atoms with E-state index in [1.54, 1.807) is 12.4 Å². The van der Waals surface area contributed by atoms with Gasteiger partial charge < -0.3 is 5.32 Å². The Labute approximate surface area is 146 Å². The second-order valence-electron chi connectivity index (χ2n) is 6.44. The first-order valence-corrected chi connectivity index (χ1v) is 8.58. The van der Waals surface area contributed by atoms with Gasteiger partial charge in [-0.25, -0.2) is 4.68 Å². The number of nitrogens with zero attached hydrogens (tertiary/aromatic N) is 3. The molecular formula is C20H20N4O. The number of aromatic nitrogens is 3. The van der Waals surface area contributed by atoms with Crippen LogP contribution < -0.4 is 5.32 Å². The third-order valence-electron chi connectivity index (χ3n) is 4.70. The maximum absolute atomic E-state index is 12.2. The lowest BCUT2D eigenvalue weighted by Gasteiger charge is -2.23. The monoisotopic (exact) mass is 332 g/mol. The van der Waals surface area contributed by atoms with E-state index in [4.69, 9.17) is 0 Å². The molecule has 0 saturated heterocycles. The van der Waals surface area contributed by atoms with Crippen LogP contribution in [0.2, 0.25) is 0 Å². The van der Waals surface area contributed by atoms with Crippen LogP contribution in [0.4, 0.5) is 5.82 Å². The third kappa shape index (κ3) is 3.45. The minimum atomic E-state index is 0.0713. The summed E-state index contributed by atoms with van der Waals surface area (Å²) in [5, 5.41) is 7.52. The summed E-state index contributed by atoms with van der Waals surface area (Å²) in [4.78, 5) is 16.2. The van der Waals surface area contributed by atoms with E-state index in [2.05, 4.69) is 39.7 Å². The van der Waals surface area contributed by atoms with Gasteiger partial charge in [-0.05, 0) is 42.0 Å². The van der Waals surface area contributed by atoms with Crippen LogP contribution in [-0.2, 0) is 17.8 Å². The zero-order valence-corrected chi connectivity index (χ0v) is 13.9. The maximum Gasteiger partial charge on any atom is 0.226 e. The van der Waals surface area contributed by atoms with Crippen LogP contribution in [0.25, 0.3) is 0 Å². The number of anilines is 1. The molecule has 2 aromatic heterocycles. The minimum Gasteiger partial charge on any atom is -0.311 e. The molecule has 0 fully saturated rings. The molecule has 25 heavy (non-hydrogen) atoms. The van der Waals surface area contributed by atoms with Crippen molar-refractivity contribution in [2.45, 2.75) is 31.7 Å². The van der Waals surface area contributed by atoms with E-state index >= 15 is 0 Å². The number of pyridine rings is 1. The molecule has 0 radical (unpaired) electrons. The molecule has 5 nitrogen and oxygen atoms in total. The SMILES string of the molecule is O=C1CC(CCc2ccccc2)c2cnn(Cc3ccncc3)c2N1. The molecule has 3 aromatic rings. The van der Waals surface area contributed by atoms with Crippen LogP contribution in [0, 0.1) is 0 Å². The lowest BCUT2D eigenvalue weighted by atomic mass is 9.88. The Hall–Kier alpha value is -2.95. The van der Waals surface area contributed by atoms with Gasteiger partial charge in [0.15, 0.2) is 0 Å². The highest BCUT2D eigenvalue weighted by atomic mass is 16.1. The van der Waals surface area contributed by atoms with Crippen molar-refractivity contribution in [1.29, 1.82) is 0 Å². The molecule has 0 bridgehead atoms. The van der Waals surface area contributed by atoms with Crippen molar-refractivity contribution < 1.29 is 4.79 Å². The molecule has 1 N–H and O–H groups in total. The number of fused-ring (bicyclic) bond motifs is 1. The van der Waals surface area contributed by atoms with Crippen molar-refractivity contribution in [3.63, 3.8) is 0 Å². The van der Waals surface area contributed by atoms with Gasteiger partial charge in [-0.2, -0.15) is 5.10 Å². The van der Waals surface area contributed by atoms with Crippen molar-refractivity contribution in [3.05, 3.63) is 77.7 Å². The number of rotatable bonds is 5. The molecule has 1 amide bonds. The Balaban J connectivity index is 1.54. The fourth-order valence-electron chi connectivity index (χ4n) is 3.38. The first-order valence-electron chi connectivity index (χ1n) is 8.58. The Bertz CT molecular complexity index is 858. The number of aryl methyl sites for hydroxylation is 1. The molecule has 1 aliphatic heterocycles. The van der Waals surface area contributed by atoms with E-state index in [0.29, 0.717) is 13.0 Å². The molecule has 1 aromatic carbocycles. The topological polar surface area (TPSA) is 59.8 Å². The molecule has 1 atom stereocenters. The van der Waals surface area contributed by atoms with Gasteiger partial charge in [-0.15, -0.1) is 0 Å². The van der Waals surface area contributed by atoms with Gasteiger partial charge in [0.1, 0.15) is 5.82 Å². The summed E-state index contributed by atoms with van der Waals surface area (Å²) >= 11 is 0. The van der Waals surface area contributed by atoms with Gasteiger partial charge in [0, 0.05) is 24.4 Å². The van der Waals surface area contributed by atoms with Gasteiger partial charge in [-0.3, -0.25) is 9.78 Å². The lowest BCUT2D eigenvalue weighted by Crippen LogP contribution is -2.24. The van der Waals surface area contributed by atoms with Crippen LogP contribution in [0.5, 0.6) is 0 Å². The number of hydrogen-bond acceptors (Lipinski definition) is 3. The lowest BCUT2D eigenvalue weighted by molar-refractivity contribution is -0.116. The molecule has 0 spiro atoms. The van der Waals surface area contributed by atoms with Crippen LogP contribution >= 0.6 is 0 Å². The van der Waals surface area contributed by atoms with Crippen molar-refractivity contribution in [2.24, 2.45) is 0 Å². The van der Waals surface area contributed by atoms with Crippen LogP contribution in [0.3, 0.4) is 0 Å². The van der Waals surface area contributed by atoms with Crippen LogP contribution in [0.15, 0.2) is 61.1 Å². The standard InChI is InChI=1S/C20H20N4O/c25-19-12-17(7-6-15-4-2-1-3-5-15)18-13-22-24(20(18)23-19)14-16-8-10-21-11-9-16/h1-5,8-11,13,17H,6-7,12,14H2,(H,23,25). The van der Waals surface area contributed by atoms with Gasteiger partial charge in [0.05, 0.1) is 12.7 Å². The maximum atomic E-state index is 12.2. The summed E-state index contributed by atoms with van der Waals surface area (Å²) in [7, 11) is 0. The first-order chi connectivity index (χ1) is 12.3. The Morgan fingerprint density at radius 1 is 1.08 bits per heavy atom. The highest BCUT2D eigenvalue weighted by Crippen LogP contribution is 2.35. The molecule has 1 unspecified atom stereocenters. The average Bonchev–Trinajstić information content (AvgIpc) is 3.04. The Morgan fingerprint density at radius 3 is 2.68 bits per heavy atom. The zero-order valence-electron chi connectivity index (χ0n) is 13.9. The summed E-state index contributed by atoms with van der Waals surface area (Å²) in [6.07, 6.45) is 7.89. The van der Waals surface area contributed by atoms with E-state index in [1.165, 1.54) is 5.56 Å². The summed E-state index contributed by atoms with van der Waals surface area (Å²) in [5.41, 5.74) is 3.56. The van der Waals surface area contributed by atoms with Gasteiger partial charge in [0.2, 0.25) is 5.91 Å². The van der Waals surface area contributed by atoms with E-state index in [1.807, 2.05) is 29.1 Å². The number of benzene rings is 1. The molecule has 0 aliphatic carbocycles. The summed E-state index contributed by atoms with van der Waals surface area (Å²) in [6, 6.07) is 14.3. The Morgan fingerprint density at radius 2 is 1.88 bits per heavy atom. The molecule has 0 saturated carbocycles. The van der Waals surface area contributed by atoms with Gasteiger partial charge in [-0.1, -0.05) is 30.3 Å². The summed E-state index contributed by atoms with van der Waals surface area (Å²) in [6.45, 7) is 0.629. The van der Waals surface area contributed by atoms with Crippen LogP contribution in [-0.4, -0.2) is 20.7 Å².